The molecule has 12 N–H and O–H groups in total. The number of hydrogen-bond acceptors (Lipinski definition) is 14. The summed E-state index contributed by atoms with van der Waals surface area (Å²) in [6, 6.07) is 14.2. The van der Waals surface area contributed by atoms with Crippen LogP contribution in [-0.2, 0) is 40.5 Å². The minimum Gasteiger partial charge on any atom is -0.507 e. The minimum absolute atomic E-state index is 0.0424. The van der Waals surface area contributed by atoms with Crippen molar-refractivity contribution in [2.75, 3.05) is 17.2 Å². The van der Waals surface area contributed by atoms with E-state index in [2.05, 4.69) is 19.6 Å². The van der Waals surface area contributed by atoms with E-state index in [4.69, 9.17) is 35.4 Å². The Morgan fingerprint density at radius 3 is 1.49 bits per heavy atom. The lowest BCUT2D eigenvalue weighted by Crippen LogP contribution is -2.05. The van der Waals surface area contributed by atoms with Crippen LogP contribution in [0.25, 0.3) is 21.5 Å². The molecule has 0 unspecified atom stereocenters. The molecule has 5 aromatic rings. The van der Waals surface area contributed by atoms with Gasteiger partial charge in [-0.05, 0) is 49.4 Å². The van der Waals surface area contributed by atoms with Gasteiger partial charge < -0.3 is 27.4 Å². The molecule has 0 spiro atoms. The number of aromatic hydroxyl groups is 2. The molecule has 264 valence electrons. The Morgan fingerprint density at radius 2 is 1.04 bits per heavy atom. The van der Waals surface area contributed by atoms with E-state index < -0.39 is 76.9 Å². The highest BCUT2D eigenvalue weighted by atomic mass is 32.2. The van der Waals surface area contributed by atoms with Gasteiger partial charge in [0.1, 0.15) is 21.3 Å². The van der Waals surface area contributed by atoms with Crippen LogP contribution in [0.1, 0.15) is 5.56 Å². The monoisotopic (exact) mass is 777 g/mol. The summed E-state index contributed by atoms with van der Waals surface area (Å²) in [6.07, 6.45) is 0. The van der Waals surface area contributed by atoms with E-state index in [0.29, 0.717) is 6.07 Å². The Balaban J connectivity index is 0.000000217. The molecule has 0 aromatic heterocycles. The van der Waals surface area contributed by atoms with Gasteiger partial charge in [0.15, 0.2) is 0 Å². The quantitative estimate of drug-likeness (QED) is 0.0711. The molecule has 0 aliphatic rings. The number of fused-ring (bicyclic) bond motifs is 2. The summed E-state index contributed by atoms with van der Waals surface area (Å²) in [7, 11) is -18.9. The zero-order valence-electron chi connectivity index (χ0n) is 24.6. The van der Waals surface area contributed by atoms with Gasteiger partial charge in [0.25, 0.3) is 40.5 Å². The molecule has 5 rings (SSSR count). The number of nitrogen functional groups attached to an aromatic ring is 3. The number of aryl methyl sites for hydroxylation is 1. The molecular formula is C27H27N3O14S5. The summed E-state index contributed by atoms with van der Waals surface area (Å²) in [5.41, 5.74) is 17.1. The van der Waals surface area contributed by atoms with E-state index in [1.165, 1.54) is 11.6 Å². The van der Waals surface area contributed by atoms with Crippen LogP contribution in [0.2, 0.25) is 0 Å². The summed E-state index contributed by atoms with van der Waals surface area (Å²) in [4.78, 5) is -1.95. The van der Waals surface area contributed by atoms with Crippen LogP contribution in [0.15, 0.2) is 91.2 Å². The molecule has 0 atom stereocenters. The molecule has 0 aliphatic heterocycles. The van der Waals surface area contributed by atoms with Gasteiger partial charge in [-0.2, -0.15) is 33.7 Å². The van der Waals surface area contributed by atoms with E-state index >= 15 is 0 Å². The maximum absolute atomic E-state index is 11.3. The third-order valence-corrected chi connectivity index (χ3v) is 10.3. The maximum Gasteiger partial charge on any atom is 0.297 e. The van der Waals surface area contributed by atoms with Crippen LogP contribution in [0.3, 0.4) is 0 Å². The first-order valence-electron chi connectivity index (χ1n) is 12.8. The van der Waals surface area contributed by atoms with E-state index in [0.717, 1.165) is 35.2 Å². The molecule has 0 heterocycles. The van der Waals surface area contributed by atoms with Gasteiger partial charge in [-0.1, -0.05) is 17.7 Å². The molecule has 5 aromatic carbocycles. The van der Waals surface area contributed by atoms with Crippen LogP contribution in [0.5, 0.6) is 11.5 Å². The van der Waals surface area contributed by atoms with Gasteiger partial charge >= 0.3 is 0 Å². The second-order valence-electron chi connectivity index (χ2n) is 10.00. The van der Waals surface area contributed by atoms with Gasteiger partial charge in [-0.25, -0.2) is 0 Å². The Hall–Kier alpha value is -4.39. The Kier molecular flexibility index (Phi) is 11.0. The number of rotatable bonds is 4. The van der Waals surface area contributed by atoms with Gasteiger partial charge in [0.2, 0.25) is 0 Å². The average molecular weight is 778 g/mol. The van der Waals surface area contributed by atoms with Crippen molar-refractivity contribution < 1.29 is 62.1 Å². The standard InChI is InChI=1S/C10H10N2O7S2.C10H9NO7S2.C7H8S/c11-6-3-8(21(17,18)19)5-1-4(20(14,15)16)2-7(13)9(5)10(6)12;11-8-2-1-6-7(10(8)20(16,17)18)3-5(4-9(6)12)19(13,14)15;1-6-2-4-7(8)5-3-6/h1-3,13H,11-12H2,(H,14,15,16)(H,17,18,19);1-4,12H,11H2,(H,13,14,15)(H,16,17,18);2-5,8H,1H3. The predicted octanol–water partition coefficient (Wildman–Crippen LogP) is 3.11. The second kappa shape index (κ2) is 13.9. The molecule has 0 saturated carbocycles. The summed E-state index contributed by atoms with van der Waals surface area (Å²) in [6.45, 7) is 2.06. The molecule has 0 aliphatic carbocycles. The Bertz CT molecular complexity index is 2540. The zero-order valence-corrected chi connectivity index (χ0v) is 28.8. The van der Waals surface area contributed by atoms with Crippen molar-refractivity contribution in [2.24, 2.45) is 0 Å². The van der Waals surface area contributed by atoms with Crippen molar-refractivity contribution in [1.82, 2.24) is 0 Å². The first-order valence-corrected chi connectivity index (χ1v) is 19.0. The number of nitrogens with two attached hydrogens (primary N) is 3. The summed E-state index contributed by atoms with van der Waals surface area (Å²) in [5.74, 6) is -1.30. The maximum atomic E-state index is 11.3. The van der Waals surface area contributed by atoms with E-state index in [-0.39, 0.29) is 33.2 Å². The number of phenolic OH excluding ortho intramolecular Hbond substituents is 2. The number of anilines is 3. The molecule has 0 saturated heterocycles. The third-order valence-electron chi connectivity index (χ3n) is 6.46. The van der Waals surface area contributed by atoms with E-state index in [1.807, 2.05) is 24.3 Å². The SMILES string of the molecule is Cc1ccc(S)cc1.Nc1cc(S(=O)(=O)O)c2cc(S(=O)(=O)O)cc(O)c2c1N.Nc1ccc2c(O)cc(S(=O)(=O)O)cc2c1S(=O)(=O)O. The molecule has 0 amide bonds. The first kappa shape index (κ1) is 39.1. The summed E-state index contributed by atoms with van der Waals surface area (Å²) in [5, 5.41) is 18.5. The van der Waals surface area contributed by atoms with Gasteiger partial charge in [0, 0.05) is 33.2 Å². The van der Waals surface area contributed by atoms with E-state index in [9.17, 15) is 43.9 Å². The molecule has 0 radical (unpaired) electrons. The highest BCUT2D eigenvalue weighted by Gasteiger charge is 2.24. The van der Waals surface area contributed by atoms with Crippen molar-refractivity contribution in [2.45, 2.75) is 31.4 Å². The third kappa shape index (κ3) is 9.20. The van der Waals surface area contributed by atoms with E-state index in [1.54, 1.807) is 0 Å². The fourth-order valence-corrected chi connectivity index (χ4v) is 6.97. The van der Waals surface area contributed by atoms with Crippen molar-refractivity contribution in [3.05, 3.63) is 72.3 Å². The van der Waals surface area contributed by atoms with Crippen molar-refractivity contribution in [1.29, 1.82) is 0 Å². The number of thiol groups is 1. The van der Waals surface area contributed by atoms with Gasteiger partial charge in [-0.3, -0.25) is 18.2 Å². The molecule has 22 heteroatoms. The van der Waals surface area contributed by atoms with Crippen LogP contribution >= 0.6 is 12.6 Å². The smallest absolute Gasteiger partial charge is 0.297 e. The fourth-order valence-electron chi connectivity index (χ4n) is 4.24. The summed E-state index contributed by atoms with van der Waals surface area (Å²) < 4.78 is 126. The predicted molar refractivity (Wildman–Crippen MR) is 182 cm³/mol. The Morgan fingerprint density at radius 1 is 0.551 bits per heavy atom. The average Bonchev–Trinajstić information content (AvgIpc) is 2.94. The largest absolute Gasteiger partial charge is 0.507 e. The summed E-state index contributed by atoms with van der Waals surface area (Å²) >= 11 is 4.13. The van der Waals surface area contributed by atoms with Gasteiger partial charge in [-0.15, -0.1) is 12.6 Å². The first-order chi connectivity index (χ1) is 22.2. The van der Waals surface area contributed by atoms with Crippen molar-refractivity contribution in [3.63, 3.8) is 0 Å². The number of benzene rings is 5. The molecule has 0 fully saturated rings. The normalized spacial score (nSPS) is 12.1. The second-order valence-corrected chi connectivity index (χ2v) is 16.1. The molecular weight excluding hydrogens is 751 g/mol. The topological polar surface area (TPSA) is 336 Å². The highest BCUT2D eigenvalue weighted by Crippen LogP contribution is 2.40. The number of phenols is 2. The van der Waals surface area contributed by atoms with Gasteiger partial charge in [0.05, 0.1) is 32.2 Å². The molecule has 17 nitrogen and oxygen atoms in total. The molecule has 49 heavy (non-hydrogen) atoms. The lowest BCUT2D eigenvalue weighted by Gasteiger charge is -2.12. The highest BCUT2D eigenvalue weighted by molar-refractivity contribution is 7.87. The zero-order chi connectivity index (χ0) is 37.4. The lowest BCUT2D eigenvalue weighted by atomic mass is 10.1. The number of hydrogen-bond donors (Lipinski definition) is 10. The van der Waals surface area contributed by atoms with Crippen LogP contribution in [0.4, 0.5) is 17.1 Å². The minimum atomic E-state index is -4.77. The molecule has 0 bridgehead atoms. The lowest BCUT2D eigenvalue weighted by molar-refractivity contribution is 0.470. The Labute approximate surface area is 285 Å². The fraction of sp³-hybridized carbons (Fsp3) is 0.0370. The van der Waals surface area contributed by atoms with Crippen molar-refractivity contribution in [3.8, 4) is 11.5 Å². The van der Waals surface area contributed by atoms with Crippen LogP contribution in [0, 0.1) is 6.92 Å². The van der Waals surface area contributed by atoms with Crippen molar-refractivity contribution >= 4 is 91.7 Å². The van der Waals surface area contributed by atoms with Crippen LogP contribution < -0.4 is 17.2 Å². The van der Waals surface area contributed by atoms with Crippen LogP contribution in [-0.4, -0.2) is 62.1 Å².